The summed E-state index contributed by atoms with van der Waals surface area (Å²) in [6.07, 6.45) is 3.07. The van der Waals surface area contributed by atoms with E-state index in [1.54, 1.807) is 0 Å². The standard InChI is InChI=1S/C31H38F2N8O/c1-4-25-17-39(29-27-30(37-31(36-29)38-34)40(20(3)35-27)18-26-6-5-15-42-26)19(2)16-41(25)28(21-7-11-23(32)12-8-21)22-9-13-24(33)14-10-22/h7-14,19,25-26,28H,4-6,15-18,34H2,1-3H3,(H,36,37,38)/t19-,25+,26?/m0/s1. The van der Waals surface area contributed by atoms with Crippen LogP contribution in [0, 0.1) is 18.6 Å². The molecule has 11 heteroatoms. The first-order chi connectivity index (χ1) is 20.4. The second kappa shape index (κ2) is 11.9. The number of aromatic nitrogens is 4. The van der Waals surface area contributed by atoms with Crippen LogP contribution in [0.25, 0.3) is 11.2 Å². The van der Waals surface area contributed by atoms with Crippen molar-refractivity contribution in [3.05, 3.63) is 77.1 Å². The number of ether oxygens (including phenoxy) is 1. The zero-order chi connectivity index (χ0) is 29.4. The van der Waals surface area contributed by atoms with Crippen LogP contribution in [0.4, 0.5) is 20.5 Å². The van der Waals surface area contributed by atoms with E-state index < -0.39 is 0 Å². The number of hydrogen-bond donors (Lipinski definition) is 2. The van der Waals surface area contributed by atoms with E-state index >= 15 is 0 Å². The predicted octanol–water partition coefficient (Wildman–Crippen LogP) is 4.96. The van der Waals surface area contributed by atoms with Crippen LogP contribution in [-0.2, 0) is 11.3 Å². The molecule has 0 spiro atoms. The first-order valence-corrected chi connectivity index (χ1v) is 14.7. The lowest BCUT2D eigenvalue weighted by Gasteiger charge is -2.49. The molecule has 0 aliphatic carbocycles. The highest BCUT2D eigenvalue weighted by atomic mass is 19.1. The Balaban J connectivity index is 1.37. The first-order valence-electron chi connectivity index (χ1n) is 14.7. The zero-order valence-corrected chi connectivity index (χ0v) is 24.3. The number of nitrogens with zero attached hydrogens (tertiary/aromatic N) is 6. The molecule has 0 amide bonds. The van der Waals surface area contributed by atoms with Gasteiger partial charge in [0.1, 0.15) is 17.5 Å². The van der Waals surface area contributed by atoms with Crippen LogP contribution in [0.5, 0.6) is 0 Å². The maximum atomic E-state index is 13.9. The van der Waals surface area contributed by atoms with E-state index in [0.29, 0.717) is 25.6 Å². The number of hydrazine groups is 1. The molecule has 2 fully saturated rings. The Morgan fingerprint density at radius 2 is 1.67 bits per heavy atom. The van der Waals surface area contributed by atoms with E-state index in [-0.39, 0.29) is 35.9 Å². The number of aryl methyl sites for hydroxylation is 1. The Morgan fingerprint density at radius 1 is 1.00 bits per heavy atom. The van der Waals surface area contributed by atoms with Gasteiger partial charge in [-0.1, -0.05) is 31.2 Å². The Hall–Kier alpha value is -3.67. The lowest BCUT2D eigenvalue weighted by atomic mass is 9.92. The molecule has 222 valence electrons. The Kier molecular flexibility index (Phi) is 8.06. The van der Waals surface area contributed by atoms with Gasteiger partial charge in [0.15, 0.2) is 17.0 Å². The van der Waals surface area contributed by atoms with Crippen LogP contribution in [0.2, 0.25) is 0 Å². The Bertz CT molecular complexity index is 1480. The molecule has 0 bridgehead atoms. The highest BCUT2D eigenvalue weighted by Gasteiger charge is 2.38. The topological polar surface area (TPSA) is 97.4 Å². The van der Waals surface area contributed by atoms with Crippen molar-refractivity contribution in [3.63, 3.8) is 0 Å². The highest BCUT2D eigenvalue weighted by molar-refractivity contribution is 5.85. The van der Waals surface area contributed by atoms with Crippen molar-refractivity contribution in [3.8, 4) is 0 Å². The summed E-state index contributed by atoms with van der Waals surface area (Å²) in [5, 5.41) is 0. The molecule has 2 aliphatic rings. The number of piperazine rings is 1. The molecule has 2 aromatic carbocycles. The third-order valence-electron chi connectivity index (χ3n) is 8.64. The van der Waals surface area contributed by atoms with E-state index in [1.165, 1.54) is 24.3 Å². The number of rotatable bonds is 8. The Labute approximate surface area is 244 Å². The van der Waals surface area contributed by atoms with Gasteiger partial charge in [0, 0.05) is 31.8 Å². The molecule has 6 rings (SSSR count). The van der Waals surface area contributed by atoms with Crippen molar-refractivity contribution < 1.29 is 13.5 Å². The molecule has 3 N–H and O–H groups in total. The fraction of sp³-hybridized carbons (Fsp3) is 0.452. The van der Waals surface area contributed by atoms with Crippen LogP contribution in [0.3, 0.4) is 0 Å². The summed E-state index contributed by atoms with van der Waals surface area (Å²) >= 11 is 0. The van der Waals surface area contributed by atoms with Gasteiger partial charge in [0.2, 0.25) is 5.95 Å². The van der Waals surface area contributed by atoms with Gasteiger partial charge in [-0.2, -0.15) is 9.97 Å². The fourth-order valence-corrected chi connectivity index (χ4v) is 6.48. The maximum absolute atomic E-state index is 13.9. The van der Waals surface area contributed by atoms with Crippen molar-refractivity contribution >= 4 is 22.9 Å². The van der Waals surface area contributed by atoms with E-state index in [9.17, 15) is 8.78 Å². The first kappa shape index (κ1) is 28.4. The average molecular weight is 577 g/mol. The number of halogens is 2. The van der Waals surface area contributed by atoms with Crippen LogP contribution in [0.1, 0.15) is 56.1 Å². The van der Waals surface area contributed by atoms with Gasteiger partial charge in [0.25, 0.3) is 0 Å². The normalized spacial score (nSPS) is 21.5. The van der Waals surface area contributed by atoms with Gasteiger partial charge in [-0.25, -0.2) is 19.6 Å². The van der Waals surface area contributed by atoms with Crippen molar-refractivity contribution in [1.82, 2.24) is 24.4 Å². The fourth-order valence-electron chi connectivity index (χ4n) is 6.48. The number of nitrogens with two attached hydrogens (primary N) is 1. The number of nitrogen functional groups attached to an aromatic ring is 1. The van der Waals surface area contributed by atoms with E-state index in [2.05, 4.69) is 33.6 Å². The van der Waals surface area contributed by atoms with E-state index in [0.717, 1.165) is 59.8 Å². The maximum Gasteiger partial charge on any atom is 0.241 e. The van der Waals surface area contributed by atoms with Gasteiger partial charge in [-0.15, -0.1) is 0 Å². The van der Waals surface area contributed by atoms with Crippen molar-refractivity contribution in [1.29, 1.82) is 0 Å². The second-order valence-corrected chi connectivity index (χ2v) is 11.4. The van der Waals surface area contributed by atoms with Gasteiger partial charge in [-0.05, 0) is 68.5 Å². The number of benzene rings is 2. The predicted molar refractivity (Wildman–Crippen MR) is 159 cm³/mol. The van der Waals surface area contributed by atoms with Crippen LogP contribution in [0.15, 0.2) is 48.5 Å². The lowest BCUT2D eigenvalue weighted by Crippen LogP contribution is -2.58. The molecule has 2 saturated heterocycles. The summed E-state index contributed by atoms with van der Waals surface area (Å²) in [6, 6.07) is 13.2. The average Bonchev–Trinajstić information content (AvgIpc) is 3.62. The van der Waals surface area contributed by atoms with Gasteiger partial charge in [0.05, 0.1) is 18.7 Å². The summed E-state index contributed by atoms with van der Waals surface area (Å²) < 4.78 is 35.8. The molecular weight excluding hydrogens is 538 g/mol. The summed E-state index contributed by atoms with van der Waals surface area (Å²) in [4.78, 5) is 19.2. The zero-order valence-electron chi connectivity index (χ0n) is 24.3. The molecule has 4 heterocycles. The number of fused-ring (bicyclic) bond motifs is 1. The highest BCUT2D eigenvalue weighted by Crippen LogP contribution is 2.37. The second-order valence-electron chi connectivity index (χ2n) is 11.4. The van der Waals surface area contributed by atoms with Gasteiger partial charge >= 0.3 is 0 Å². The monoisotopic (exact) mass is 576 g/mol. The van der Waals surface area contributed by atoms with Gasteiger partial charge < -0.3 is 14.2 Å². The van der Waals surface area contributed by atoms with Crippen LogP contribution < -0.4 is 16.2 Å². The smallest absolute Gasteiger partial charge is 0.241 e. The van der Waals surface area contributed by atoms with Crippen LogP contribution in [-0.4, -0.2) is 62.3 Å². The van der Waals surface area contributed by atoms with Gasteiger partial charge in [-0.3, -0.25) is 10.3 Å². The number of imidazole rings is 1. The summed E-state index contributed by atoms with van der Waals surface area (Å²) in [5.41, 5.74) is 6.06. The largest absolute Gasteiger partial charge is 0.376 e. The molecule has 4 aromatic rings. The van der Waals surface area contributed by atoms with Crippen molar-refractivity contribution in [2.24, 2.45) is 5.84 Å². The third-order valence-corrected chi connectivity index (χ3v) is 8.64. The quantitative estimate of drug-likeness (QED) is 0.225. The molecule has 2 aliphatic heterocycles. The number of anilines is 2. The molecular formula is C31H38F2N8O. The van der Waals surface area contributed by atoms with E-state index in [1.807, 2.05) is 31.2 Å². The van der Waals surface area contributed by atoms with Crippen LogP contribution >= 0.6 is 0 Å². The minimum absolute atomic E-state index is 0.0449. The summed E-state index contributed by atoms with van der Waals surface area (Å²) in [7, 11) is 0. The summed E-state index contributed by atoms with van der Waals surface area (Å²) in [6.45, 7) is 9.17. The molecule has 9 nitrogen and oxygen atoms in total. The molecule has 0 saturated carbocycles. The number of nitrogens with one attached hydrogen (secondary N) is 1. The summed E-state index contributed by atoms with van der Waals surface area (Å²) in [5.74, 6) is 7.22. The SMILES string of the molecule is CC[C@@H]1CN(c2nc(NN)nc3c2nc(C)n3CC2CCCO2)[C@@H](C)CN1C(c1ccc(F)cc1)c1ccc(F)cc1. The lowest BCUT2D eigenvalue weighted by molar-refractivity contribution is 0.0973. The third kappa shape index (κ3) is 5.44. The Morgan fingerprint density at radius 3 is 2.24 bits per heavy atom. The van der Waals surface area contributed by atoms with E-state index in [4.69, 9.17) is 25.5 Å². The number of hydrogen-bond acceptors (Lipinski definition) is 8. The molecule has 1 unspecified atom stereocenters. The van der Waals surface area contributed by atoms with Crippen molar-refractivity contribution in [2.75, 3.05) is 30.0 Å². The minimum Gasteiger partial charge on any atom is -0.376 e. The minimum atomic E-state index is -0.284. The molecule has 2 aromatic heterocycles. The molecule has 0 radical (unpaired) electrons. The molecule has 42 heavy (non-hydrogen) atoms. The molecule has 3 atom stereocenters. The van der Waals surface area contributed by atoms with Crippen molar-refractivity contribution in [2.45, 2.75) is 70.8 Å².